The first kappa shape index (κ1) is 28.0. The van der Waals surface area contributed by atoms with Crippen LogP contribution in [0, 0.1) is 5.41 Å². The van der Waals surface area contributed by atoms with Crippen LogP contribution >= 0.6 is 0 Å². The van der Waals surface area contributed by atoms with Crippen LogP contribution in [0.5, 0.6) is 0 Å². The number of tetrazole rings is 1. The zero-order valence-electron chi connectivity index (χ0n) is 24.9. The molecule has 10 nitrogen and oxygen atoms in total. The number of H-pyrrole nitrogens is 1. The summed E-state index contributed by atoms with van der Waals surface area (Å²) in [6, 6.07) is 25.7. The largest absolute Gasteiger partial charge is 0.333 e. The molecule has 3 aromatic heterocycles. The first-order chi connectivity index (χ1) is 20.6. The third-order valence-corrected chi connectivity index (χ3v) is 7.73. The molecule has 1 N–H and O–H groups in total. The number of benzene rings is 3. The summed E-state index contributed by atoms with van der Waals surface area (Å²) in [6.45, 7) is 8.83. The Bertz CT molecular complexity index is 2010. The highest BCUT2D eigenvalue weighted by Crippen LogP contribution is 2.31. The highest BCUT2D eigenvalue weighted by Gasteiger charge is 2.26. The second kappa shape index (κ2) is 10.9. The van der Waals surface area contributed by atoms with E-state index in [1.807, 2.05) is 66.1 Å². The molecule has 0 saturated heterocycles. The second-order valence-electron chi connectivity index (χ2n) is 12.1. The molecule has 0 bridgehead atoms. The van der Waals surface area contributed by atoms with Gasteiger partial charge in [0.25, 0.3) is 5.56 Å². The molecule has 6 rings (SSSR count). The maximum Gasteiger partial charge on any atom is 0.333 e. The molecule has 0 fully saturated rings. The van der Waals surface area contributed by atoms with Crippen LogP contribution in [0.25, 0.3) is 33.7 Å². The number of rotatable bonds is 7. The standard InChI is InChI=1S/C33H34N8O2/c1-21(23-11-7-6-8-12-23)41-30-28(31(42)39(5)32(41)43)40(27(34-30)19-33(2,3)4)20-22-15-17-24(18-16-22)25-13-9-10-14-26(25)29-35-37-38-36-29/h6-18,21H,19-20H2,1-5H3,(H,35,36,37,38). The molecule has 3 heterocycles. The van der Waals surface area contributed by atoms with Gasteiger partial charge in [0.05, 0.1) is 6.04 Å². The molecular weight excluding hydrogens is 540 g/mol. The van der Waals surface area contributed by atoms with E-state index in [0.29, 0.717) is 30.0 Å². The molecule has 0 aliphatic carbocycles. The van der Waals surface area contributed by atoms with Crippen molar-refractivity contribution < 1.29 is 0 Å². The van der Waals surface area contributed by atoms with Crippen molar-refractivity contribution in [3.63, 3.8) is 0 Å². The van der Waals surface area contributed by atoms with Gasteiger partial charge >= 0.3 is 5.69 Å². The van der Waals surface area contributed by atoms with Gasteiger partial charge in [0.1, 0.15) is 5.82 Å². The Hall–Kier alpha value is -5.12. The first-order valence-corrected chi connectivity index (χ1v) is 14.3. The van der Waals surface area contributed by atoms with Gasteiger partial charge in [-0.25, -0.2) is 9.78 Å². The second-order valence-corrected chi connectivity index (χ2v) is 12.1. The average Bonchev–Trinajstić information content (AvgIpc) is 3.65. The van der Waals surface area contributed by atoms with Crippen molar-refractivity contribution in [2.75, 3.05) is 0 Å². The van der Waals surface area contributed by atoms with Gasteiger partial charge in [-0.05, 0) is 39.8 Å². The van der Waals surface area contributed by atoms with Crippen molar-refractivity contribution in [2.45, 2.75) is 46.7 Å². The van der Waals surface area contributed by atoms with Crippen LogP contribution in [-0.2, 0) is 20.0 Å². The van der Waals surface area contributed by atoms with E-state index >= 15 is 0 Å². The lowest BCUT2D eigenvalue weighted by Gasteiger charge is -2.19. The number of aromatic nitrogens is 8. The summed E-state index contributed by atoms with van der Waals surface area (Å²) in [5, 5.41) is 14.5. The maximum absolute atomic E-state index is 13.7. The van der Waals surface area contributed by atoms with Gasteiger partial charge < -0.3 is 4.57 Å². The van der Waals surface area contributed by atoms with Crippen LogP contribution < -0.4 is 11.2 Å². The molecule has 10 heteroatoms. The Balaban J connectivity index is 1.47. The van der Waals surface area contributed by atoms with E-state index in [0.717, 1.165) is 33.6 Å². The van der Waals surface area contributed by atoms with Crippen LogP contribution in [0.15, 0.2) is 88.5 Å². The number of fused-ring (bicyclic) bond motifs is 1. The van der Waals surface area contributed by atoms with Gasteiger partial charge in [-0.15, -0.1) is 10.2 Å². The fourth-order valence-electron chi connectivity index (χ4n) is 5.55. The molecular formula is C33H34N8O2. The van der Waals surface area contributed by atoms with Gasteiger partial charge in [0, 0.05) is 25.6 Å². The number of hydrogen-bond donors (Lipinski definition) is 1. The van der Waals surface area contributed by atoms with Crippen molar-refractivity contribution in [1.29, 1.82) is 0 Å². The Kier molecular flexibility index (Phi) is 7.13. The minimum atomic E-state index is -0.384. The van der Waals surface area contributed by atoms with Crippen LogP contribution in [0.4, 0.5) is 0 Å². The SMILES string of the molecule is CC(c1ccccc1)n1c(=O)n(C)c(=O)c2c1nc(CC(C)(C)C)n2Cc1ccc(-c2ccccc2-c2nn[nH]n2)cc1. The number of nitrogens with zero attached hydrogens (tertiary/aromatic N) is 7. The Morgan fingerprint density at radius 3 is 2.21 bits per heavy atom. The number of imidazole rings is 1. The van der Waals surface area contributed by atoms with E-state index in [9.17, 15) is 9.59 Å². The van der Waals surface area contributed by atoms with Gasteiger partial charge in [-0.3, -0.25) is 13.9 Å². The van der Waals surface area contributed by atoms with Crippen molar-refractivity contribution in [3.05, 3.63) is 117 Å². The summed E-state index contributed by atoms with van der Waals surface area (Å²) in [6.07, 6.45) is 0.634. The summed E-state index contributed by atoms with van der Waals surface area (Å²) in [4.78, 5) is 32.2. The van der Waals surface area contributed by atoms with Crippen LogP contribution in [-0.4, -0.2) is 39.3 Å². The lowest BCUT2D eigenvalue weighted by molar-refractivity contribution is 0.394. The zero-order chi connectivity index (χ0) is 30.3. The predicted molar refractivity (Wildman–Crippen MR) is 167 cm³/mol. The highest BCUT2D eigenvalue weighted by atomic mass is 16.2. The molecule has 0 radical (unpaired) electrons. The molecule has 0 aliphatic heterocycles. The minimum Gasteiger partial charge on any atom is -0.318 e. The Labute approximate surface area is 248 Å². The third-order valence-electron chi connectivity index (χ3n) is 7.73. The zero-order valence-corrected chi connectivity index (χ0v) is 24.9. The van der Waals surface area contributed by atoms with Crippen molar-refractivity contribution >= 4 is 11.2 Å². The van der Waals surface area contributed by atoms with Crippen LogP contribution in [0.2, 0.25) is 0 Å². The van der Waals surface area contributed by atoms with Gasteiger partial charge in [0.15, 0.2) is 11.2 Å². The summed E-state index contributed by atoms with van der Waals surface area (Å²) in [5.41, 5.74) is 4.86. The highest BCUT2D eigenvalue weighted by molar-refractivity contribution is 5.80. The van der Waals surface area contributed by atoms with Gasteiger partial charge in [-0.1, -0.05) is 99.6 Å². The maximum atomic E-state index is 13.7. The Morgan fingerprint density at radius 2 is 1.56 bits per heavy atom. The lowest BCUT2D eigenvalue weighted by Crippen LogP contribution is -2.40. The van der Waals surface area contributed by atoms with E-state index in [1.165, 1.54) is 11.6 Å². The normalized spacial score (nSPS) is 12.6. The molecule has 1 atom stereocenters. The fraction of sp³-hybridized carbons (Fsp3) is 0.273. The first-order valence-electron chi connectivity index (χ1n) is 14.3. The van der Waals surface area contributed by atoms with E-state index in [4.69, 9.17) is 4.98 Å². The molecule has 6 aromatic rings. The van der Waals surface area contributed by atoms with E-state index in [-0.39, 0.29) is 22.7 Å². The predicted octanol–water partition coefficient (Wildman–Crippen LogP) is 4.99. The average molecular weight is 575 g/mol. The summed E-state index contributed by atoms with van der Waals surface area (Å²) in [5.74, 6) is 1.30. The van der Waals surface area contributed by atoms with Gasteiger partial charge in [0.2, 0.25) is 5.82 Å². The van der Waals surface area contributed by atoms with E-state index in [1.54, 1.807) is 4.57 Å². The minimum absolute atomic E-state index is 0.0940. The molecule has 1 unspecified atom stereocenters. The van der Waals surface area contributed by atoms with Crippen molar-refractivity contribution in [3.8, 4) is 22.5 Å². The topological polar surface area (TPSA) is 116 Å². The molecule has 43 heavy (non-hydrogen) atoms. The molecule has 3 aromatic carbocycles. The monoisotopic (exact) mass is 574 g/mol. The summed E-state index contributed by atoms with van der Waals surface area (Å²) < 4.78 is 4.82. The summed E-state index contributed by atoms with van der Waals surface area (Å²) >= 11 is 0. The third kappa shape index (κ3) is 5.31. The fourth-order valence-corrected chi connectivity index (χ4v) is 5.55. The quantitative estimate of drug-likeness (QED) is 0.287. The van der Waals surface area contributed by atoms with Gasteiger partial charge in [-0.2, -0.15) is 5.21 Å². The summed E-state index contributed by atoms with van der Waals surface area (Å²) in [7, 11) is 1.54. The lowest BCUT2D eigenvalue weighted by atomic mass is 9.92. The van der Waals surface area contributed by atoms with Crippen LogP contribution in [0.3, 0.4) is 0 Å². The molecule has 0 spiro atoms. The Morgan fingerprint density at radius 1 is 0.884 bits per heavy atom. The van der Waals surface area contributed by atoms with Crippen molar-refractivity contribution in [1.82, 2.24) is 39.3 Å². The van der Waals surface area contributed by atoms with E-state index in [2.05, 4.69) is 65.7 Å². The van der Waals surface area contributed by atoms with Crippen LogP contribution in [0.1, 0.15) is 50.7 Å². The number of aromatic amines is 1. The van der Waals surface area contributed by atoms with E-state index < -0.39 is 0 Å². The number of hydrogen-bond acceptors (Lipinski definition) is 6. The smallest absolute Gasteiger partial charge is 0.318 e. The molecule has 0 aliphatic rings. The van der Waals surface area contributed by atoms with Crippen molar-refractivity contribution in [2.24, 2.45) is 12.5 Å². The molecule has 218 valence electrons. The molecule has 0 amide bonds. The molecule has 0 saturated carbocycles. The number of nitrogens with one attached hydrogen (secondary N) is 1.